The number of aliphatic carboxylic acids is 1. The number of hydrogen-bond donors (Lipinski definition) is 2. The van der Waals surface area contributed by atoms with Crippen LogP contribution in [0.5, 0.6) is 0 Å². The van der Waals surface area contributed by atoms with Crippen molar-refractivity contribution < 1.29 is 18.3 Å². The Morgan fingerprint density at radius 1 is 1.40 bits per heavy atom. The van der Waals surface area contributed by atoms with Crippen molar-refractivity contribution in [1.82, 2.24) is 4.72 Å². The molecule has 1 aromatic rings. The Bertz CT molecular complexity index is 555. The van der Waals surface area contributed by atoms with Crippen molar-refractivity contribution in [3.63, 3.8) is 0 Å². The van der Waals surface area contributed by atoms with Gasteiger partial charge in [-0.15, -0.1) is 0 Å². The first-order valence-electron chi connectivity index (χ1n) is 5.92. The second-order valence-corrected chi connectivity index (χ2v) is 6.63. The summed E-state index contributed by atoms with van der Waals surface area (Å²) in [7, 11) is -3.78. The highest BCUT2D eigenvalue weighted by atomic mass is 32.2. The number of sulfonamides is 1. The van der Waals surface area contributed by atoms with E-state index in [0.717, 1.165) is 11.0 Å². The normalized spacial score (nSPS) is 13.4. The molecule has 2 N–H and O–H groups in total. The highest BCUT2D eigenvalue weighted by Crippen LogP contribution is 2.06. The highest BCUT2D eigenvalue weighted by molar-refractivity contribution is 7.98. The van der Waals surface area contributed by atoms with Gasteiger partial charge in [-0.2, -0.15) is 16.5 Å². The fourth-order valence-corrected chi connectivity index (χ4v) is 2.94. The number of hydrogen-bond acceptors (Lipinski definition) is 4. The molecule has 5 nitrogen and oxygen atoms in total. The Hall–Kier alpha value is -1.31. The van der Waals surface area contributed by atoms with Crippen molar-refractivity contribution in [1.29, 1.82) is 0 Å². The minimum Gasteiger partial charge on any atom is -0.480 e. The number of rotatable bonds is 8. The molecule has 7 heteroatoms. The maximum absolute atomic E-state index is 11.8. The van der Waals surface area contributed by atoms with Crippen LogP contribution in [0.1, 0.15) is 12.0 Å². The van der Waals surface area contributed by atoms with Gasteiger partial charge in [-0.1, -0.05) is 30.3 Å². The maximum atomic E-state index is 11.8. The number of carboxylic acid groups (broad SMARTS) is 1. The molecular formula is C13H17NO4S2. The molecule has 0 spiro atoms. The van der Waals surface area contributed by atoms with E-state index in [0.29, 0.717) is 5.75 Å². The quantitative estimate of drug-likeness (QED) is 0.764. The molecule has 0 aromatic heterocycles. The molecule has 110 valence electrons. The van der Waals surface area contributed by atoms with Crippen molar-refractivity contribution >= 4 is 33.8 Å². The largest absolute Gasteiger partial charge is 0.480 e. The van der Waals surface area contributed by atoms with Crippen LogP contribution in [0.2, 0.25) is 0 Å². The maximum Gasteiger partial charge on any atom is 0.321 e. The predicted molar refractivity (Wildman–Crippen MR) is 82.0 cm³/mol. The third-order valence-corrected chi connectivity index (χ3v) is 4.21. The second-order valence-electron chi connectivity index (χ2n) is 4.05. The van der Waals surface area contributed by atoms with Crippen LogP contribution in [-0.4, -0.2) is 37.5 Å². The summed E-state index contributed by atoms with van der Waals surface area (Å²) in [5.41, 5.74) is 0.730. The highest BCUT2D eigenvalue weighted by Gasteiger charge is 2.21. The zero-order chi connectivity index (χ0) is 15.0. The first-order chi connectivity index (χ1) is 9.44. The molecule has 0 aliphatic rings. The molecule has 20 heavy (non-hydrogen) atoms. The van der Waals surface area contributed by atoms with Gasteiger partial charge in [0.2, 0.25) is 10.0 Å². The van der Waals surface area contributed by atoms with Crippen LogP contribution in [-0.2, 0) is 14.8 Å². The minimum atomic E-state index is -3.78. The zero-order valence-electron chi connectivity index (χ0n) is 11.0. The number of carbonyl (C=O) groups is 1. The summed E-state index contributed by atoms with van der Waals surface area (Å²) in [4.78, 5) is 11.0. The van der Waals surface area contributed by atoms with Crippen molar-refractivity contribution in [2.45, 2.75) is 12.5 Å². The van der Waals surface area contributed by atoms with Crippen molar-refractivity contribution in [3.8, 4) is 0 Å². The summed E-state index contributed by atoms with van der Waals surface area (Å²) in [6.45, 7) is 0. The van der Waals surface area contributed by atoms with E-state index in [1.807, 2.05) is 12.3 Å². The number of carboxylic acids is 1. The molecule has 0 saturated carbocycles. The topological polar surface area (TPSA) is 83.5 Å². The molecule has 1 atom stereocenters. The first-order valence-corrected chi connectivity index (χ1v) is 8.86. The smallest absolute Gasteiger partial charge is 0.321 e. The van der Waals surface area contributed by atoms with Gasteiger partial charge in [0.15, 0.2) is 0 Å². The molecule has 0 heterocycles. The summed E-state index contributed by atoms with van der Waals surface area (Å²) < 4.78 is 25.8. The standard InChI is InChI=1S/C13H17NO4S2/c1-19-9-7-12(13(15)16)14-20(17,18)10-8-11-5-3-2-4-6-11/h2-6,8,10,12,14H,7,9H2,1H3,(H,15,16). The van der Waals surface area contributed by atoms with Gasteiger partial charge >= 0.3 is 5.97 Å². The lowest BCUT2D eigenvalue weighted by Crippen LogP contribution is -2.40. The number of nitrogens with one attached hydrogen (secondary N) is 1. The van der Waals surface area contributed by atoms with Gasteiger partial charge in [0.05, 0.1) is 0 Å². The average Bonchev–Trinajstić information content (AvgIpc) is 2.42. The fraction of sp³-hybridized carbons (Fsp3) is 0.308. The van der Waals surface area contributed by atoms with Gasteiger partial charge < -0.3 is 5.11 Å². The third kappa shape index (κ3) is 6.23. The first kappa shape index (κ1) is 16.7. The van der Waals surface area contributed by atoms with E-state index in [-0.39, 0.29) is 6.42 Å². The molecule has 0 fully saturated rings. The molecule has 1 aromatic carbocycles. The summed E-state index contributed by atoms with van der Waals surface area (Å²) in [6.07, 6.45) is 3.51. The van der Waals surface area contributed by atoms with Gasteiger partial charge in [-0.3, -0.25) is 4.79 Å². The SMILES string of the molecule is CSCCC(NS(=O)(=O)C=Cc1ccccc1)C(=O)O. The lowest BCUT2D eigenvalue weighted by molar-refractivity contribution is -0.139. The Kier molecular flexibility index (Phi) is 6.77. The number of thioether (sulfide) groups is 1. The summed E-state index contributed by atoms with van der Waals surface area (Å²) in [6, 6.07) is 7.82. The fourth-order valence-electron chi connectivity index (χ4n) is 1.44. The molecule has 0 radical (unpaired) electrons. The molecular weight excluding hydrogens is 298 g/mol. The van der Waals surface area contributed by atoms with Crippen LogP contribution in [0.25, 0.3) is 6.08 Å². The van der Waals surface area contributed by atoms with Crippen LogP contribution in [0.4, 0.5) is 0 Å². The molecule has 1 rings (SSSR count). The lowest BCUT2D eigenvalue weighted by Gasteiger charge is -2.12. The monoisotopic (exact) mass is 315 g/mol. The molecule has 0 aliphatic carbocycles. The van der Waals surface area contributed by atoms with E-state index in [2.05, 4.69) is 4.72 Å². The number of benzene rings is 1. The van der Waals surface area contributed by atoms with E-state index in [4.69, 9.17) is 5.11 Å². The van der Waals surface area contributed by atoms with E-state index in [9.17, 15) is 13.2 Å². The summed E-state index contributed by atoms with van der Waals surface area (Å²) in [5.74, 6) is -0.599. The van der Waals surface area contributed by atoms with E-state index in [1.54, 1.807) is 24.3 Å². The van der Waals surface area contributed by atoms with E-state index in [1.165, 1.54) is 17.8 Å². The molecule has 0 aliphatic heterocycles. The molecule has 0 saturated heterocycles. The lowest BCUT2D eigenvalue weighted by atomic mass is 10.2. The molecule has 0 bridgehead atoms. The Balaban J connectivity index is 2.72. The summed E-state index contributed by atoms with van der Waals surface area (Å²) >= 11 is 1.47. The van der Waals surface area contributed by atoms with E-state index < -0.39 is 22.0 Å². The van der Waals surface area contributed by atoms with Gasteiger partial charge in [0, 0.05) is 5.41 Å². The predicted octanol–water partition coefficient (Wildman–Crippen LogP) is 1.78. The Morgan fingerprint density at radius 2 is 2.05 bits per heavy atom. The minimum absolute atomic E-state index is 0.245. The van der Waals surface area contributed by atoms with Crippen LogP contribution in [0, 0.1) is 0 Å². The van der Waals surface area contributed by atoms with Gasteiger partial charge in [-0.25, -0.2) is 8.42 Å². The van der Waals surface area contributed by atoms with Gasteiger partial charge in [0.1, 0.15) is 6.04 Å². The van der Waals surface area contributed by atoms with Crippen molar-refractivity contribution in [2.24, 2.45) is 0 Å². The van der Waals surface area contributed by atoms with Crippen LogP contribution in [0.3, 0.4) is 0 Å². The molecule has 0 amide bonds. The van der Waals surface area contributed by atoms with Gasteiger partial charge in [0.25, 0.3) is 0 Å². The van der Waals surface area contributed by atoms with Crippen LogP contribution in [0.15, 0.2) is 35.7 Å². The Morgan fingerprint density at radius 3 is 2.60 bits per heavy atom. The second kappa shape index (κ2) is 8.08. The van der Waals surface area contributed by atoms with Gasteiger partial charge in [-0.05, 0) is 30.1 Å². The zero-order valence-corrected chi connectivity index (χ0v) is 12.7. The van der Waals surface area contributed by atoms with Crippen LogP contribution >= 0.6 is 11.8 Å². The Labute approximate surface area is 123 Å². The summed E-state index contributed by atoms with van der Waals surface area (Å²) in [5, 5.41) is 9.97. The van der Waals surface area contributed by atoms with Crippen LogP contribution < -0.4 is 4.72 Å². The van der Waals surface area contributed by atoms with Crippen molar-refractivity contribution in [3.05, 3.63) is 41.3 Å². The van der Waals surface area contributed by atoms with E-state index >= 15 is 0 Å². The molecule has 1 unspecified atom stereocenters. The third-order valence-electron chi connectivity index (χ3n) is 2.45. The van der Waals surface area contributed by atoms with Crippen molar-refractivity contribution in [2.75, 3.05) is 12.0 Å². The average molecular weight is 315 g/mol.